The Morgan fingerprint density at radius 1 is 1.29 bits per heavy atom. The molecule has 2 rings (SSSR count). The SMILES string of the molecule is CCC(C)(CC)Nc1nccc2c1ncn2C. The Balaban J connectivity index is 2.42. The molecule has 0 saturated heterocycles. The fraction of sp³-hybridized carbons (Fsp3) is 0.538. The van der Waals surface area contributed by atoms with Crippen molar-refractivity contribution in [3.8, 4) is 0 Å². The van der Waals surface area contributed by atoms with E-state index in [1.807, 2.05) is 30.2 Å². The van der Waals surface area contributed by atoms with E-state index < -0.39 is 0 Å². The molecule has 0 aliphatic rings. The third-order valence-corrected chi connectivity index (χ3v) is 3.62. The molecule has 4 heteroatoms. The number of imidazole rings is 1. The number of nitrogens with one attached hydrogen (secondary N) is 1. The first-order valence-corrected chi connectivity index (χ1v) is 6.14. The molecule has 0 saturated carbocycles. The minimum atomic E-state index is 0.0821. The Morgan fingerprint density at radius 3 is 2.65 bits per heavy atom. The van der Waals surface area contributed by atoms with Crippen LogP contribution in [0.4, 0.5) is 5.82 Å². The quantitative estimate of drug-likeness (QED) is 0.881. The number of pyridine rings is 1. The molecule has 0 amide bonds. The van der Waals surface area contributed by atoms with Gasteiger partial charge in [-0.25, -0.2) is 9.97 Å². The van der Waals surface area contributed by atoms with Crippen LogP contribution in [-0.2, 0) is 7.05 Å². The van der Waals surface area contributed by atoms with Gasteiger partial charge in [-0.2, -0.15) is 0 Å². The number of fused-ring (bicyclic) bond motifs is 1. The van der Waals surface area contributed by atoms with Gasteiger partial charge in [0.05, 0.1) is 11.8 Å². The molecule has 0 unspecified atom stereocenters. The lowest BCUT2D eigenvalue weighted by Crippen LogP contribution is -2.33. The van der Waals surface area contributed by atoms with E-state index in [2.05, 4.69) is 36.1 Å². The molecule has 0 fully saturated rings. The topological polar surface area (TPSA) is 42.7 Å². The first-order chi connectivity index (χ1) is 8.09. The van der Waals surface area contributed by atoms with Gasteiger partial charge in [0.2, 0.25) is 0 Å². The van der Waals surface area contributed by atoms with Crippen LogP contribution in [0.1, 0.15) is 33.6 Å². The fourth-order valence-corrected chi connectivity index (χ4v) is 1.87. The van der Waals surface area contributed by atoms with Crippen molar-refractivity contribution >= 4 is 16.9 Å². The minimum Gasteiger partial charge on any atom is -0.363 e. The predicted octanol–water partition coefficient (Wildman–Crippen LogP) is 2.96. The molecule has 0 radical (unpaired) electrons. The van der Waals surface area contributed by atoms with Crippen molar-refractivity contribution in [3.63, 3.8) is 0 Å². The van der Waals surface area contributed by atoms with Gasteiger partial charge in [-0.3, -0.25) is 0 Å². The number of anilines is 1. The maximum absolute atomic E-state index is 4.41. The van der Waals surface area contributed by atoms with Crippen molar-refractivity contribution in [3.05, 3.63) is 18.6 Å². The van der Waals surface area contributed by atoms with Crippen LogP contribution in [0, 0.1) is 0 Å². The molecule has 0 aliphatic heterocycles. The Morgan fingerprint density at radius 2 is 2.00 bits per heavy atom. The molecule has 0 bridgehead atoms. The van der Waals surface area contributed by atoms with Gasteiger partial charge in [-0.1, -0.05) is 13.8 Å². The second-order valence-electron chi connectivity index (χ2n) is 4.78. The normalized spacial score (nSPS) is 12.0. The summed E-state index contributed by atoms with van der Waals surface area (Å²) in [5, 5.41) is 3.52. The lowest BCUT2D eigenvalue weighted by molar-refractivity contribution is 0.477. The van der Waals surface area contributed by atoms with Gasteiger partial charge >= 0.3 is 0 Å². The predicted molar refractivity (Wildman–Crippen MR) is 71.1 cm³/mol. The number of aryl methyl sites for hydroxylation is 1. The lowest BCUT2D eigenvalue weighted by atomic mass is 9.95. The van der Waals surface area contributed by atoms with Crippen molar-refractivity contribution in [1.82, 2.24) is 14.5 Å². The summed E-state index contributed by atoms with van der Waals surface area (Å²) in [4.78, 5) is 8.82. The Kier molecular flexibility index (Phi) is 3.05. The molecule has 1 N–H and O–H groups in total. The number of hydrogen-bond donors (Lipinski definition) is 1. The van der Waals surface area contributed by atoms with E-state index in [1.54, 1.807) is 0 Å². The van der Waals surface area contributed by atoms with Crippen molar-refractivity contribution < 1.29 is 0 Å². The summed E-state index contributed by atoms with van der Waals surface area (Å²) in [6.45, 7) is 6.60. The van der Waals surface area contributed by atoms with Crippen LogP contribution in [0.25, 0.3) is 11.0 Å². The molecule has 17 heavy (non-hydrogen) atoms. The van der Waals surface area contributed by atoms with Crippen LogP contribution in [0.2, 0.25) is 0 Å². The van der Waals surface area contributed by atoms with Crippen LogP contribution < -0.4 is 5.32 Å². The molecule has 0 aliphatic carbocycles. The highest BCUT2D eigenvalue weighted by molar-refractivity contribution is 5.86. The second kappa shape index (κ2) is 4.35. The first kappa shape index (κ1) is 11.9. The molecule has 0 spiro atoms. The molecule has 2 aromatic heterocycles. The van der Waals surface area contributed by atoms with Crippen molar-refractivity contribution in [1.29, 1.82) is 0 Å². The zero-order valence-electron chi connectivity index (χ0n) is 11.0. The summed E-state index contributed by atoms with van der Waals surface area (Å²) in [7, 11) is 2.00. The van der Waals surface area contributed by atoms with Crippen molar-refractivity contribution in [2.24, 2.45) is 7.05 Å². The van der Waals surface area contributed by atoms with E-state index in [0.29, 0.717) is 0 Å². The van der Waals surface area contributed by atoms with E-state index in [1.165, 1.54) is 0 Å². The zero-order valence-corrected chi connectivity index (χ0v) is 11.0. The molecular formula is C13H20N4. The Labute approximate surface area is 102 Å². The first-order valence-electron chi connectivity index (χ1n) is 6.14. The van der Waals surface area contributed by atoms with E-state index in [-0.39, 0.29) is 5.54 Å². The molecule has 2 heterocycles. The van der Waals surface area contributed by atoms with Gasteiger partial charge in [-0.05, 0) is 25.8 Å². The molecule has 2 aromatic rings. The van der Waals surface area contributed by atoms with Crippen molar-refractivity contribution in [2.45, 2.75) is 39.2 Å². The van der Waals surface area contributed by atoms with Crippen LogP contribution in [-0.4, -0.2) is 20.1 Å². The maximum atomic E-state index is 4.41. The highest BCUT2D eigenvalue weighted by Gasteiger charge is 2.21. The number of nitrogens with zero attached hydrogens (tertiary/aromatic N) is 3. The van der Waals surface area contributed by atoms with Gasteiger partial charge in [0.15, 0.2) is 5.82 Å². The number of aromatic nitrogens is 3. The second-order valence-corrected chi connectivity index (χ2v) is 4.78. The van der Waals surface area contributed by atoms with E-state index in [0.717, 1.165) is 29.7 Å². The van der Waals surface area contributed by atoms with E-state index in [9.17, 15) is 0 Å². The summed E-state index contributed by atoms with van der Waals surface area (Å²) in [6, 6.07) is 1.99. The van der Waals surface area contributed by atoms with Gasteiger partial charge in [0.1, 0.15) is 5.52 Å². The van der Waals surface area contributed by atoms with Crippen LogP contribution >= 0.6 is 0 Å². The molecule has 4 nitrogen and oxygen atoms in total. The van der Waals surface area contributed by atoms with Crippen LogP contribution in [0.3, 0.4) is 0 Å². The number of rotatable bonds is 4. The summed E-state index contributed by atoms with van der Waals surface area (Å²) >= 11 is 0. The number of hydrogen-bond acceptors (Lipinski definition) is 3. The lowest BCUT2D eigenvalue weighted by Gasteiger charge is -2.28. The summed E-state index contributed by atoms with van der Waals surface area (Å²) in [6.07, 6.45) is 5.79. The van der Waals surface area contributed by atoms with Gasteiger partial charge in [0.25, 0.3) is 0 Å². The van der Waals surface area contributed by atoms with Gasteiger partial charge in [-0.15, -0.1) is 0 Å². The molecule has 0 aromatic carbocycles. The molecular weight excluding hydrogens is 212 g/mol. The minimum absolute atomic E-state index is 0.0821. The largest absolute Gasteiger partial charge is 0.363 e. The average molecular weight is 232 g/mol. The summed E-state index contributed by atoms with van der Waals surface area (Å²) < 4.78 is 2.01. The average Bonchev–Trinajstić information content (AvgIpc) is 2.72. The smallest absolute Gasteiger partial charge is 0.154 e. The zero-order chi connectivity index (χ0) is 12.5. The Hall–Kier alpha value is -1.58. The fourth-order valence-electron chi connectivity index (χ4n) is 1.87. The Bertz CT molecular complexity index is 511. The van der Waals surface area contributed by atoms with Crippen molar-refractivity contribution in [2.75, 3.05) is 5.32 Å². The van der Waals surface area contributed by atoms with E-state index in [4.69, 9.17) is 0 Å². The summed E-state index contributed by atoms with van der Waals surface area (Å²) in [5.74, 6) is 0.884. The highest BCUT2D eigenvalue weighted by Crippen LogP contribution is 2.25. The third-order valence-electron chi connectivity index (χ3n) is 3.62. The third kappa shape index (κ3) is 2.12. The van der Waals surface area contributed by atoms with Gasteiger partial charge in [0, 0.05) is 18.8 Å². The van der Waals surface area contributed by atoms with E-state index >= 15 is 0 Å². The standard InChI is InChI=1S/C13H20N4/c1-5-13(3,6-2)16-12-11-10(7-8-14-12)17(4)9-15-11/h7-9H,5-6H2,1-4H3,(H,14,16). The van der Waals surface area contributed by atoms with Crippen LogP contribution in [0.5, 0.6) is 0 Å². The monoisotopic (exact) mass is 232 g/mol. The maximum Gasteiger partial charge on any atom is 0.154 e. The van der Waals surface area contributed by atoms with Crippen LogP contribution in [0.15, 0.2) is 18.6 Å². The summed E-state index contributed by atoms with van der Waals surface area (Å²) in [5.41, 5.74) is 2.14. The highest BCUT2D eigenvalue weighted by atomic mass is 15.1. The van der Waals surface area contributed by atoms with Gasteiger partial charge < -0.3 is 9.88 Å². The molecule has 0 atom stereocenters. The molecule has 92 valence electrons.